The number of benzene rings is 1. The molecule has 0 aliphatic rings. The van der Waals surface area contributed by atoms with Crippen LogP contribution in [0.25, 0.3) is 0 Å². The molecule has 1 rings (SSSR count). The minimum absolute atomic E-state index is 0.146. The van der Waals surface area contributed by atoms with E-state index in [9.17, 15) is 14.9 Å². The van der Waals surface area contributed by atoms with E-state index in [2.05, 4.69) is 11.7 Å². The standard InChI is InChI=1S/C24H39NO5/c1-3-4-5-6-7-8-9-10-11-12-13-14-15-16-19-30-23-18-17-21(24(26)29-2)20-22(23)25(27)28/h17-18,20H,3-16,19H2,1-2H3. The number of esters is 1. The van der Waals surface area contributed by atoms with Crippen LogP contribution in [0.3, 0.4) is 0 Å². The molecule has 30 heavy (non-hydrogen) atoms. The molecule has 6 heteroatoms. The normalized spacial score (nSPS) is 10.7. The van der Waals surface area contributed by atoms with Gasteiger partial charge in [-0.25, -0.2) is 4.79 Å². The van der Waals surface area contributed by atoms with E-state index in [4.69, 9.17) is 4.74 Å². The third-order valence-electron chi connectivity index (χ3n) is 5.33. The van der Waals surface area contributed by atoms with Gasteiger partial charge in [-0.05, 0) is 18.6 Å². The van der Waals surface area contributed by atoms with Gasteiger partial charge in [0.1, 0.15) is 0 Å². The van der Waals surface area contributed by atoms with Crippen LogP contribution in [0.4, 0.5) is 5.69 Å². The van der Waals surface area contributed by atoms with Crippen molar-refractivity contribution in [3.8, 4) is 5.75 Å². The molecule has 0 radical (unpaired) electrons. The maximum atomic E-state index is 11.5. The number of nitro groups is 1. The molecule has 0 aromatic heterocycles. The van der Waals surface area contributed by atoms with Crippen molar-refractivity contribution < 1.29 is 19.2 Å². The lowest BCUT2D eigenvalue weighted by molar-refractivity contribution is -0.385. The van der Waals surface area contributed by atoms with E-state index >= 15 is 0 Å². The largest absolute Gasteiger partial charge is 0.487 e. The van der Waals surface area contributed by atoms with Gasteiger partial charge in [0.2, 0.25) is 0 Å². The van der Waals surface area contributed by atoms with E-state index in [1.54, 1.807) is 0 Å². The average molecular weight is 422 g/mol. The minimum atomic E-state index is -0.600. The van der Waals surface area contributed by atoms with Crippen molar-refractivity contribution in [2.24, 2.45) is 0 Å². The average Bonchev–Trinajstić information content (AvgIpc) is 2.75. The van der Waals surface area contributed by atoms with Gasteiger partial charge >= 0.3 is 11.7 Å². The zero-order chi connectivity index (χ0) is 22.0. The number of methoxy groups -OCH3 is 1. The molecule has 0 saturated carbocycles. The predicted molar refractivity (Wildman–Crippen MR) is 120 cm³/mol. The summed E-state index contributed by atoms with van der Waals surface area (Å²) in [6.45, 7) is 2.70. The lowest BCUT2D eigenvalue weighted by Gasteiger charge is -2.08. The van der Waals surface area contributed by atoms with Crippen LogP contribution in [0, 0.1) is 10.1 Å². The summed E-state index contributed by atoms with van der Waals surface area (Å²) in [7, 11) is 1.24. The number of nitro benzene ring substituents is 1. The fourth-order valence-electron chi connectivity index (χ4n) is 3.51. The van der Waals surface area contributed by atoms with Gasteiger partial charge in [0.05, 0.1) is 24.2 Å². The summed E-state index contributed by atoms with van der Waals surface area (Å²) in [6.07, 6.45) is 17.9. The van der Waals surface area contributed by atoms with Crippen LogP contribution in [0.5, 0.6) is 5.75 Å². The van der Waals surface area contributed by atoms with Crippen molar-refractivity contribution in [1.82, 2.24) is 0 Å². The molecule has 0 heterocycles. The zero-order valence-electron chi connectivity index (χ0n) is 18.8. The molecule has 0 spiro atoms. The highest BCUT2D eigenvalue weighted by atomic mass is 16.6. The smallest absolute Gasteiger partial charge is 0.338 e. The number of nitrogens with zero attached hydrogens (tertiary/aromatic N) is 1. The molecule has 0 aliphatic carbocycles. The maximum absolute atomic E-state index is 11.5. The first-order valence-corrected chi connectivity index (χ1v) is 11.6. The molecule has 0 atom stereocenters. The highest BCUT2D eigenvalue weighted by Crippen LogP contribution is 2.28. The molecule has 1 aromatic carbocycles. The summed E-state index contributed by atoms with van der Waals surface area (Å²) in [5, 5.41) is 11.2. The van der Waals surface area contributed by atoms with Crippen molar-refractivity contribution in [1.29, 1.82) is 0 Å². The van der Waals surface area contributed by atoms with E-state index in [-0.39, 0.29) is 17.0 Å². The van der Waals surface area contributed by atoms with Crippen LogP contribution in [-0.4, -0.2) is 24.6 Å². The molecule has 170 valence electrons. The van der Waals surface area contributed by atoms with Crippen LogP contribution in [0.2, 0.25) is 0 Å². The summed E-state index contributed by atoms with van der Waals surface area (Å²) >= 11 is 0. The summed E-state index contributed by atoms with van der Waals surface area (Å²) in [4.78, 5) is 22.2. The van der Waals surface area contributed by atoms with Gasteiger partial charge in [-0.3, -0.25) is 10.1 Å². The Morgan fingerprint density at radius 1 is 0.867 bits per heavy atom. The van der Waals surface area contributed by atoms with E-state index in [1.165, 1.54) is 102 Å². The number of hydrogen-bond donors (Lipinski definition) is 0. The van der Waals surface area contributed by atoms with Crippen molar-refractivity contribution in [2.45, 2.75) is 96.8 Å². The molecular formula is C24H39NO5. The van der Waals surface area contributed by atoms with Crippen molar-refractivity contribution in [3.05, 3.63) is 33.9 Å². The molecule has 0 fully saturated rings. The molecule has 0 aliphatic heterocycles. The first kappa shape index (κ1) is 25.9. The third kappa shape index (κ3) is 11.2. The van der Waals surface area contributed by atoms with Gasteiger partial charge in [0, 0.05) is 6.07 Å². The second kappa shape index (κ2) is 16.7. The number of carbonyl (C=O) groups excluding carboxylic acids is 1. The molecule has 0 unspecified atom stereocenters. The quantitative estimate of drug-likeness (QED) is 0.108. The molecular weight excluding hydrogens is 382 g/mol. The lowest BCUT2D eigenvalue weighted by atomic mass is 10.0. The van der Waals surface area contributed by atoms with Gasteiger partial charge in [-0.2, -0.15) is 0 Å². The van der Waals surface area contributed by atoms with Crippen molar-refractivity contribution >= 4 is 11.7 Å². The van der Waals surface area contributed by atoms with Gasteiger partial charge in [-0.15, -0.1) is 0 Å². The van der Waals surface area contributed by atoms with E-state index in [1.807, 2.05) is 0 Å². The van der Waals surface area contributed by atoms with Crippen LogP contribution in [0.15, 0.2) is 18.2 Å². The highest BCUT2D eigenvalue weighted by molar-refractivity contribution is 5.90. The number of ether oxygens (including phenoxy) is 2. The van der Waals surface area contributed by atoms with E-state index in [0.717, 1.165) is 12.8 Å². The Kier molecular flexibility index (Phi) is 14.4. The van der Waals surface area contributed by atoms with Crippen LogP contribution >= 0.6 is 0 Å². The monoisotopic (exact) mass is 421 g/mol. The zero-order valence-corrected chi connectivity index (χ0v) is 18.8. The molecule has 0 bridgehead atoms. The fourth-order valence-corrected chi connectivity index (χ4v) is 3.51. The minimum Gasteiger partial charge on any atom is -0.487 e. The SMILES string of the molecule is CCCCCCCCCCCCCCCCOc1ccc(C(=O)OC)cc1[N+](=O)[O-]. The van der Waals surface area contributed by atoms with Crippen LogP contribution in [-0.2, 0) is 4.74 Å². The Labute approximate surface area is 181 Å². The molecule has 0 amide bonds. The predicted octanol–water partition coefficient (Wildman–Crippen LogP) is 7.24. The summed E-state index contributed by atoms with van der Waals surface area (Å²) < 4.78 is 10.2. The van der Waals surface area contributed by atoms with Gasteiger partial charge in [-0.1, -0.05) is 90.4 Å². The number of carbonyl (C=O) groups is 1. The topological polar surface area (TPSA) is 78.7 Å². The van der Waals surface area contributed by atoms with Gasteiger partial charge in [0.25, 0.3) is 0 Å². The summed E-state index contributed by atoms with van der Waals surface area (Å²) in [6, 6.07) is 4.15. The molecule has 0 N–H and O–H groups in total. The Bertz CT molecular complexity index is 618. The third-order valence-corrected chi connectivity index (χ3v) is 5.33. The van der Waals surface area contributed by atoms with Crippen LogP contribution in [0.1, 0.15) is 107 Å². The number of hydrogen-bond acceptors (Lipinski definition) is 5. The first-order chi connectivity index (χ1) is 14.6. The second-order valence-corrected chi connectivity index (χ2v) is 7.88. The van der Waals surface area contributed by atoms with E-state index in [0.29, 0.717) is 6.61 Å². The molecule has 0 saturated heterocycles. The maximum Gasteiger partial charge on any atom is 0.338 e. The second-order valence-electron chi connectivity index (χ2n) is 7.88. The Balaban J connectivity index is 2.08. The Morgan fingerprint density at radius 3 is 1.83 bits per heavy atom. The number of rotatable bonds is 18. The van der Waals surface area contributed by atoms with Crippen molar-refractivity contribution in [2.75, 3.05) is 13.7 Å². The molecule has 6 nitrogen and oxygen atoms in total. The Hall–Kier alpha value is -2.11. The van der Waals surface area contributed by atoms with Crippen molar-refractivity contribution in [3.63, 3.8) is 0 Å². The highest BCUT2D eigenvalue weighted by Gasteiger charge is 2.19. The molecule has 1 aromatic rings. The summed E-state index contributed by atoms with van der Waals surface area (Å²) in [5.41, 5.74) is -0.0590. The van der Waals surface area contributed by atoms with E-state index < -0.39 is 10.9 Å². The van der Waals surface area contributed by atoms with Crippen LogP contribution < -0.4 is 4.74 Å². The van der Waals surface area contributed by atoms with Gasteiger partial charge in [0.15, 0.2) is 5.75 Å². The summed E-state index contributed by atoms with van der Waals surface area (Å²) in [5.74, 6) is -0.404. The lowest BCUT2D eigenvalue weighted by Crippen LogP contribution is -2.05. The fraction of sp³-hybridized carbons (Fsp3) is 0.708. The Morgan fingerprint density at radius 2 is 1.37 bits per heavy atom. The van der Waals surface area contributed by atoms with Gasteiger partial charge < -0.3 is 9.47 Å². The first-order valence-electron chi connectivity index (χ1n) is 11.6. The number of unbranched alkanes of at least 4 members (excludes halogenated alkanes) is 13.